The van der Waals surface area contributed by atoms with Crippen LogP contribution in [0.1, 0.15) is 85.0 Å². The number of nitrogens with zero attached hydrogens (tertiary/aromatic N) is 4. The molecule has 3 atom stereocenters. The lowest BCUT2D eigenvalue weighted by molar-refractivity contribution is 0.288. The summed E-state index contributed by atoms with van der Waals surface area (Å²) >= 11 is 0. The normalized spacial score (nSPS) is 29.4. The third kappa shape index (κ3) is 15.9. The van der Waals surface area contributed by atoms with Gasteiger partial charge < -0.3 is 0 Å². The highest BCUT2D eigenvalue weighted by Gasteiger charge is 2.16. The largest absolute Gasteiger partial charge is 0.269 e. The van der Waals surface area contributed by atoms with Gasteiger partial charge in [-0.3, -0.25) is 20.6 Å². The lowest BCUT2D eigenvalue weighted by atomic mass is 10.0. The minimum Gasteiger partial charge on any atom is -0.269 e. The molecule has 0 aliphatic carbocycles. The summed E-state index contributed by atoms with van der Waals surface area (Å²) in [5.41, 5.74) is 0. The maximum Gasteiger partial charge on any atom is 0.0905 e. The summed E-state index contributed by atoms with van der Waals surface area (Å²) < 4.78 is 8.70. The third-order valence-corrected chi connectivity index (χ3v) is 9.75. The summed E-state index contributed by atoms with van der Waals surface area (Å²) in [5, 5.41) is 28.3. The van der Waals surface area contributed by atoms with Crippen LogP contribution in [0.25, 0.3) is 0 Å². The van der Waals surface area contributed by atoms with Gasteiger partial charge in [0.1, 0.15) is 0 Å². The van der Waals surface area contributed by atoms with E-state index in [4.69, 9.17) is 20.6 Å². The van der Waals surface area contributed by atoms with Gasteiger partial charge in [-0.2, -0.15) is 0 Å². The van der Waals surface area contributed by atoms with Crippen molar-refractivity contribution in [3.63, 3.8) is 0 Å². The van der Waals surface area contributed by atoms with Crippen LogP contribution in [0.3, 0.4) is 0 Å². The second-order valence-electron chi connectivity index (χ2n) is 10.2. The van der Waals surface area contributed by atoms with Gasteiger partial charge in [-0.05, 0) is 70.1 Å². The quantitative estimate of drug-likeness (QED) is 0.256. The smallest absolute Gasteiger partial charge is 0.0905 e. The molecule has 4 rings (SSSR count). The van der Waals surface area contributed by atoms with E-state index in [0.29, 0.717) is 40.1 Å². The van der Waals surface area contributed by atoms with E-state index < -0.39 is 0 Å². The van der Waals surface area contributed by atoms with Crippen molar-refractivity contribution >= 4 is 34.1 Å². The fraction of sp³-hybridized carbons (Fsp3) is 1.00. The zero-order chi connectivity index (χ0) is 25.9. The van der Waals surface area contributed by atoms with Gasteiger partial charge in [0, 0.05) is 51.9 Å². The maximum atomic E-state index is 7.13. The van der Waals surface area contributed by atoms with Crippen molar-refractivity contribution in [2.24, 2.45) is 11.8 Å². The van der Waals surface area contributed by atoms with Gasteiger partial charge in [0.15, 0.2) is 0 Å². The Balaban J connectivity index is 0.000000234. The number of rotatable bonds is 4. The Kier molecular flexibility index (Phi) is 20.2. The number of nitrogens with one attached hydrogen (secondary N) is 4. The van der Waals surface area contributed by atoms with Crippen LogP contribution >= 0.6 is 34.1 Å². The average Bonchev–Trinajstić information content (AvgIpc) is 2.90. The van der Waals surface area contributed by atoms with E-state index in [1.807, 2.05) is 0 Å². The van der Waals surface area contributed by atoms with Gasteiger partial charge in [0.25, 0.3) is 0 Å². The van der Waals surface area contributed by atoms with Gasteiger partial charge in [-0.15, -0.1) is 0 Å². The van der Waals surface area contributed by atoms with Gasteiger partial charge in [0.05, 0.1) is 34.1 Å². The number of piperidine rings is 4. The Morgan fingerprint density at radius 1 is 0.486 bits per heavy atom. The van der Waals surface area contributed by atoms with Crippen molar-refractivity contribution < 1.29 is 0 Å². The van der Waals surface area contributed by atoms with E-state index >= 15 is 0 Å². The minimum absolute atomic E-state index is 0.651. The molecule has 4 saturated heterocycles. The molecule has 4 aliphatic heterocycles. The Bertz CT molecular complexity index is 568. The van der Waals surface area contributed by atoms with Crippen LogP contribution in [0.15, 0.2) is 0 Å². The molecule has 0 saturated carbocycles. The van der Waals surface area contributed by atoms with Crippen LogP contribution in [-0.4, -0.2) is 70.5 Å². The molecule has 0 bridgehead atoms. The van der Waals surface area contributed by atoms with Crippen molar-refractivity contribution in [2.75, 3.05) is 45.8 Å². The fourth-order valence-corrected chi connectivity index (χ4v) is 6.96. The Labute approximate surface area is 221 Å². The molecule has 4 heterocycles. The summed E-state index contributed by atoms with van der Waals surface area (Å²) in [6.07, 6.45) is 13.2. The molecule has 0 aromatic carbocycles. The maximum absolute atomic E-state index is 7.13. The predicted molar refractivity (Wildman–Crippen MR) is 154 cm³/mol. The number of hydrogen-bond acceptors (Lipinski definition) is 4. The van der Waals surface area contributed by atoms with E-state index in [1.54, 1.807) is 0 Å². The van der Waals surface area contributed by atoms with Crippen LogP contribution in [0.5, 0.6) is 0 Å². The van der Waals surface area contributed by atoms with Crippen LogP contribution < -0.4 is 0 Å². The highest BCUT2D eigenvalue weighted by molar-refractivity contribution is 7.22. The lowest BCUT2D eigenvalue weighted by Gasteiger charge is -2.27. The third-order valence-electron chi connectivity index (χ3n) is 6.92. The highest BCUT2D eigenvalue weighted by atomic mass is 31.1. The van der Waals surface area contributed by atoms with Crippen LogP contribution in [0.2, 0.25) is 0 Å². The lowest BCUT2D eigenvalue weighted by Crippen LogP contribution is -2.29. The molecule has 4 N–H and O–H groups in total. The summed E-state index contributed by atoms with van der Waals surface area (Å²) in [5.74, 6) is 1.63. The van der Waals surface area contributed by atoms with Crippen molar-refractivity contribution in [1.82, 2.24) is 18.7 Å². The SMILES string of the molecule is C[C@@H]1CCCN(P=N)C1.C[C@H]1CCCCN1P=N.C[C@H]1CCCN(P=N)C1.N=PN1CCCCC1. The zero-order valence-electron chi connectivity index (χ0n) is 22.3. The molecule has 0 aromatic rings. The van der Waals surface area contributed by atoms with E-state index in [-0.39, 0.29) is 0 Å². The Hall–Kier alpha value is 0.240. The van der Waals surface area contributed by atoms with E-state index in [9.17, 15) is 0 Å². The Morgan fingerprint density at radius 2 is 0.943 bits per heavy atom. The zero-order valence-corrected chi connectivity index (χ0v) is 25.9. The fourth-order valence-electron chi connectivity index (χ4n) is 4.72. The molecule has 0 spiro atoms. The van der Waals surface area contributed by atoms with Crippen LogP contribution in [-0.2, 0) is 0 Å². The first-order valence-corrected chi connectivity index (χ1v) is 16.8. The first kappa shape index (κ1) is 33.3. The molecule has 12 heteroatoms. The average molecular weight is 563 g/mol. The monoisotopic (exact) mass is 562 g/mol. The minimum atomic E-state index is 0.651. The summed E-state index contributed by atoms with van der Waals surface area (Å²) in [4.78, 5) is 0. The first-order valence-electron chi connectivity index (χ1n) is 13.4. The van der Waals surface area contributed by atoms with E-state index in [0.717, 1.165) is 57.6 Å². The molecule has 202 valence electrons. The van der Waals surface area contributed by atoms with Crippen LogP contribution in [0, 0.1) is 32.5 Å². The molecular formula is C23H50N8P4. The van der Waals surface area contributed by atoms with Crippen molar-refractivity contribution in [1.29, 1.82) is 20.6 Å². The summed E-state index contributed by atoms with van der Waals surface area (Å²) in [6.45, 7) is 14.7. The van der Waals surface area contributed by atoms with Crippen molar-refractivity contribution in [3.05, 3.63) is 0 Å². The molecule has 0 unspecified atom stereocenters. The predicted octanol–water partition coefficient (Wildman–Crippen LogP) is 9.26. The van der Waals surface area contributed by atoms with Gasteiger partial charge in [-0.25, -0.2) is 18.7 Å². The summed E-state index contributed by atoms with van der Waals surface area (Å²) in [6, 6.07) is 0.651. The molecule has 0 radical (unpaired) electrons. The standard InChI is InChI=1S/3C6H13N2P.C5H11N2P/c2*1-6-3-2-4-8(5-6)9-7;1-6-4-2-3-5-8(6)9-7;6-8-7-4-2-1-3-5-7/h3*6-7H,2-5H2,1H3;6H,1-5H2/t3*6-;/m100./s1. The molecular weight excluding hydrogens is 512 g/mol. The van der Waals surface area contributed by atoms with Gasteiger partial charge in [-0.1, -0.05) is 26.7 Å². The topological polar surface area (TPSA) is 108 Å². The highest BCUT2D eigenvalue weighted by Crippen LogP contribution is 2.22. The van der Waals surface area contributed by atoms with Gasteiger partial charge in [0.2, 0.25) is 0 Å². The van der Waals surface area contributed by atoms with E-state index in [1.165, 1.54) is 64.2 Å². The molecule has 35 heavy (non-hydrogen) atoms. The summed E-state index contributed by atoms with van der Waals surface area (Å²) in [7, 11) is 2.82. The van der Waals surface area contributed by atoms with Crippen molar-refractivity contribution in [2.45, 2.75) is 91.0 Å². The number of hydrogen-bond donors (Lipinski definition) is 4. The second kappa shape index (κ2) is 21.2. The van der Waals surface area contributed by atoms with Crippen LogP contribution in [0.4, 0.5) is 0 Å². The van der Waals surface area contributed by atoms with E-state index in [2.05, 4.69) is 39.5 Å². The molecule has 8 nitrogen and oxygen atoms in total. The molecule has 0 amide bonds. The molecule has 0 aromatic heterocycles. The second-order valence-corrected chi connectivity index (χ2v) is 13.3. The molecule has 4 fully saturated rings. The van der Waals surface area contributed by atoms with Gasteiger partial charge >= 0.3 is 0 Å². The molecule has 4 aliphatic rings. The van der Waals surface area contributed by atoms with Crippen molar-refractivity contribution in [3.8, 4) is 0 Å². The first-order chi connectivity index (χ1) is 16.9. The Morgan fingerprint density at radius 3 is 1.26 bits per heavy atom.